The Labute approximate surface area is 183 Å². The SMILES string of the molecule is COc1ccc(C(C2=C(O)CC(C)(C)CC2=O)C2=C(O)CC(C)(C)CC2=O)c(OC)c1. The zero-order chi connectivity index (χ0) is 23.1. The van der Waals surface area contributed by atoms with Gasteiger partial charge in [0.2, 0.25) is 0 Å². The molecule has 2 aliphatic rings. The van der Waals surface area contributed by atoms with Gasteiger partial charge in [-0.3, -0.25) is 9.59 Å². The van der Waals surface area contributed by atoms with Crippen LogP contribution in [0, 0.1) is 10.8 Å². The molecule has 0 aliphatic heterocycles. The minimum Gasteiger partial charge on any atom is -0.512 e. The predicted molar refractivity (Wildman–Crippen MR) is 118 cm³/mol. The molecule has 168 valence electrons. The topological polar surface area (TPSA) is 93.1 Å². The second-order valence-corrected chi connectivity index (χ2v) is 10.1. The van der Waals surface area contributed by atoms with Gasteiger partial charge in [0.05, 0.1) is 20.1 Å². The van der Waals surface area contributed by atoms with Crippen LogP contribution in [0.1, 0.15) is 64.9 Å². The van der Waals surface area contributed by atoms with Crippen LogP contribution in [0.15, 0.2) is 40.9 Å². The first kappa shape index (κ1) is 22.9. The molecule has 6 nitrogen and oxygen atoms in total. The maximum absolute atomic E-state index is 13.2. The highest BCUT2D eigenvalue weighted by molar-refractivity contribution is 6.05. The number of carbonyl (C=O) groups is 2. The summed E-state index contributed by atoms with van der Waals surface area (Å²) in [6.45, 7) is 7.69. The monoisotopic (exact) mass is 428 g/mol. The first-order valence-corrected chi connectivity index (χ1v) is 10.5. The van der Waals surface area contributed by atoms with Gasteiger partial charge in [-0.15, -0.1) is 0 Å². The van der Waals surface area contributed by atoms with Crippen molar-refractivity contribution in [1.29, 1.82) is 0 Å². The lowest BCUT2D eigenvalue weighted by atomic mass is 9.67. The maximum Gasteiger partial charge on any atom is 0.163 e. The normalized spacial score (nSPS) is 21.0. The maximum atomic E-state index is 13.2. The summed E-state index contributed by atoms with van der Waals surface area (Å²) in [5, 5.41) is 21.9. The molecule has 3 rings (SSSR count). The van der Waals surface area contributed by atoms with Gasteiger partial charge in [-0.2, -0.15) is 0 Å². The van der Waals surface area contributed by atoms with Crippen LogP contribution in [0.5, 0.6) is 11.5 Å². The smallest absolute Gasteiger partial charge is 0.163 e. The number of hydrogen-bond donors (Lipinski definition) is 2. The third kappa shape index (κ3) is 4.48. The molecule has 1 aromatic rings. The van der Waals surface area contributed by atoms with E-state index in [9.17, 15) is 19.8 Å². The number of allylic oxidation sites excluding steroid dienone is 4. The number of methoxy groups -OCH3 is 2. The molecule has 2 aliphatic carbocycles. The number of aliphatic hydroxyl groups excluding tert-OH is 2. The Morgan fingerprint density at radius 3 is 1.68 bits per heavy atom. The molecule has 0 radical (unpaired) electrons. The number of benzene rings is 1. The lowest BCUT2D eigenvalue weighted by molar-refractivity contribution is -0.119. The molecule has 0 saturated heterocycles. The van der Waals surface area contributed by atoms with Crippen LogP contribution in [0.2, 0.25) is 0 Å². The van der Waals surface area contributed by atoms with Gasteiger partial charge >= 0.3 is 0 Å². The van der Waals surface area contributed by atoms with E-state index < -0.39 is 5.92 Å². The Hall–Kier alpha value is -2.76. The zero-order valence-electron chi connectivity index (χ0n) is 19.2. The summed E-state index contributed by atoms with van der Waals surface area (Å²) < 4.78 is 10.8. The fraction of sp³-hybridized carbons (Fsp3) is 0.520. The van der Waals surface area contributed by atoms with Crippen LogP contribution in [0.4, 0.5) is 0 Å². The zero-order valence-corrected chi connectivity index (χ0v) is 19.2. The summed E-state index contributed by atoms with van der Waals surface area (Å²) in [6, 6.07) is 5.11. The molecular weight excluding hydrogens is 396 g/mol. The number of hydrogen-bond acceptors (Lipinski definition) is 6. The van der Waals surface area contributed by atoms with Gasteiger partial charge in [0.25, 0.3) is 0 Å². The molecule has 6 heteroatoms. The number of ketones is 2. The van der Waals surface area contributed by atoms with Gasteiger partial charge in [-0.05, 0) is 16.9 Å². The van der Waals surface area contributed by atoms with Crippen molar-refractivity contribution < 1.29 is 29.3 Å². The van der Waals surface area contributed by atoms with Crippen molar-refractivity contribution in [1.82, 2.24) is 0 Å². The Balaban J connectivity index is 2.29. The Morgan fingerprint density at radius 2 is 1.29 bits per heavy atom. The van der Waals surface area contributed by atoms with Crippen molar-refractivity contribution in [3.05, 3.63) is 46.4 Å². The summed E-state index contributed by atoms with van der Waals surface area (Å²) in [5.74, 6) is -0.468. The molecule has 0 spiro atoms. The molecule has 1 aromatic carbocycles. The van der Waals surface area contributed by atoms with Crippen molar-refractivity contribution in [3.63, 3.8) is 0 Å². The molecule has 0 atom stereocenters. The molecule has 0 aromatic heterocycles. The number of ether oxygens (including phenoxy) is 2. The van der Waals surface area contributed by atoms with Crippen molar-refractivity contribution in [2.75, 3.05) is 14.2 Å². The van der Waals surface area contributed by atoms with Crippen LogP contribution in [0.25, 0.3) is 0 Å². The van der Waals surface area contributed by atoms with Crippen LogP contribution in [-0.2, 0) is 9.59 Å². The molecule has 31 heavy (non-hydrogen) atoms. The van der Waals surface area contributed by atoms with Crippen LogP contribution < -0.4 is 9.47 Å². The molecule has 0 bridgehead atoms. The van der Waals surface area contributed by atoms with Crippen molar-refractivity contribution in [2.45, 2.75) is 59.3 Å². The van der Waals surface area contributed by atoms with Crippen molar-refractivity contribution in [2.24, 2.45) is 10.8 Å². The molecular formula is C25H32O6. The predicted octanol–water partition coefficient (Wildman–Crippen LogP) is 5.19. The molecule has 2 N–H and O–H groups in total. The lowest BCUT2D eigenvalue weighted by Crippen LogP contribution is -2.33. The van der Waals surface area contributed by atoms with Gasteiger partial charge in [0.15, 0.2) is 11.6 Å². The second kappa shape index (κ2) is 8.06. The summed E-state index contributed by atoms with van der Waals surface area (Å²) >= 11 is 0. The van der Waals surface area contributed by atoms with Gasteiger partial charge in [0.1, 0.15) is 23.0 Å². The first-order chi connectivity index (χ1) is 14.4. The minimum atomic E-state index is -0.909. The number of Topliss-reactive ketones (excluding diaryl/α,β-unsaturated/α-hetero) is 2. The fourth-order valence-corrected chi connectivity index (χ4v) is 4.77. The van der Waals surface area contributed by atoms with Gasteiger partial charge in [0, 0.05) is 48.5 Å². The highest BCUT2D eigenvalue weighted by atomic mass is 16.5. The number of rotatable bonds is 5. The van der Waals surface area contributed by atoms with E-state index in [0.717, 1.165) is 0 Å². The van der Waals surface area contributed by atoms with E-state index in [1.54, 1.807) is 18.2 Å². The van der Waals surface area contributed by atoms with Gasteiger partial charge in [-0.1, -0.05) is 33.8 Å². The Bertz CT molecular complexity index is 928. The van der Waals surface area contributed by atoms with E-state index in [-0.39, 0.29) is 57.9 Å². The molecule has 0 saturated carbocycles. The van der Waals surface area contributed by atoms with E-state index in [0.29, 0.717) is 29.9 Å². The minimum absolute atomic E-state index is 0.0398. The quantitative estimate of drug-likeness (QED) is 0.670. The summed E-state index contributed by atoms with van der Waals surface area (Å²) in [4.78, 5) is 26.5. The second-order valence-electron chi connectivity index (χ2n) is 10.1. The molecule has 0 heterocycles. The third-order valence-electron chi connectivity index (χ3n) is 6.12. The van der Waals surface area contributed by atoms with Crippen molar-refractivity contribution >= 4 is 11.6 Å². The summed E-state index contributed by atoms with van der Waals surface area (Å²) in [5.41, 5.74) is 0.102. The van der Waals surface area contributed by atoms with Gasteiger partial charge < -0.3 is 19.7 Å². The average Bonchev–Trinajstić information content (AvgIpc) is 2.63. The standard InChI is InChI=1S/C25H32O6/c1-24(2)10-16(26)22(17(27)11-24)21(15-8-7-14(30-5)9-20(15)31-6)23-18(28)12-25(3,4)13-19(23)29/h7-9,21,26,28H,10-13H2,1-6H3. The summed E-state index contributed by atoms with van der Waals surface area (Å²) in [7, 11) is 3.03. The Kier molecular flexibility index (Phi) is 5.96. The molecule has 0 fully saturated rings. The lowest BCUT2D eigenvalue weighted by Gasteiger charge is -2.36. The van der Waals surface area contributed by atoms with E-state index >= 15 is 0 Å². The van der Waals surface area contributed by atoms with E-state index in [1.165, 1.54) is 14.2 Å². The van der Waals surface area contributed by atoms with E-state index in [4.69, 9.17) is 9.47 Å². The van der Waals surface area contributed by atoms with Crippen molar-refractivity contribution in [3.8, 4) is 11.5 Å². The highest BCUT2D eigenvalue weighted by Gasteiger charge is 2.44. The van der Waals surface area contributed by atoms with E-state index in [2.05, 4.69) is 0 Å². The average molecular weight is 429 g/mol. The van der Waals surface area contributed by atoms with Crippen LogP contribution in [0.3, 0.4) is 0 Å². The number of carbonyl (C=O) groups excluding carboxylic acids is 2. The van der Waals surface area contributed by atoms with Gasteiger partial charge in [-0.25, -0.2) is 0 Å². The number of aliphatic hydroxyl groups is 2. The largest absolute Gasteiger partial charge is 0.512 e. The molecule has 0 amide bonds. The first-order valence-electron chi connectivity index (χ1n) is 10.5. The van der Waals surface area contributed by atoms with Crippen LogP contribution in [-0.4, -0.2) is 36.0 Å². The molecule has 0 unspecified atom stereocenters. The summed E-state index contributed by atoms with van der Waals surface area (Å²) in [6.07, 6.45) is 1.12. The third-order valence-corrected chi connectivity index (χ3v) is 6.12. The highest BCUT2D eigenvalue weighted by Crippen LogP contribution is 2.49. The Morgan fingerprint density at radius 1 is 0.806 bits per heavy atom. The van der Waals surface area contributed by atoms with E-state index in [1.807, 2.05) is 27.7 Å². The van der Waals surface area contributed by atoms with Crippen LogP contribution >= 0.6 is 0 Å². The fourth-order valence-electron chi connectivity index (χ4n) is 4.77.